The van der Waals surface area contributed by atoms with Gasteiger partial charge in [0.1, 0.15) is 19.7 Å². The fraction of sp³-hybridized carbons (Fsp3) is 1.00. The van der Waals surface area contributed by atoms with Crippen LogP contribution in [0.4, 0.5) is 0 Å². The fourth-order valence-electron chi connectivity index (χ4n) is 0. The standard InChI is InChI=1S/C3H9NO2S.2C2H6O2S.C2H6OS/c1-4(2)7(3,5)6;2*1-5(2,3)4;1-4(2)3/h1-3H3;2*1-2H3;1-2H3. The summed E-state index contributed by atoms with van der Waals surface area (Å²) < 4.78 is 69.8. The van der Waals surface area contributed by atoms with Crippen molar-refractivity contribution in [2.24, 2.45) is 0 Å². The zero-order valence-electron chi connectivity index (χ0n) is 13.9. The number of hydrogen-bond acceptors (Lipinski definition) is 7. The van der Waals surface area contributed by atoms with Gasteiger partial charge < -0.3 is 0 Å². The van der Waals surface area contributed by atoms with Gasteiger partial charge >= 0.3 is 0 Å². The van der Waals surface area contributed by atoms with Crippen LogP contribution in [0.3, 0.4) is 0 Å². The predicted octanol–water partition coefficient (Wildman–Crippen LogP) is -1.18. The van der Waals surface area contributed by atoms with Crippen molar-refractivity contribution >= 4 is 40.5 Å². The van der Waals surface area contributed by atoms with Crippen LogP contribution in [0.15, 0.2) is 0 Å². The molecule has 0 atom stereocenters. The van der Waals surface area contributed by atoms with Gasteiger partial charge in [-0.25, -0.2) is 29.6 Å². The molecule has 0 radical (unpaired) electrons. The molecule has 0 bridgehead atoms. The third kappa shape index (κ3) is 181. The molecule has 0 aromatic rings. The Kier molecular flexibility index (Phi) is 17.3. The Bertz CT molecular complexity index is 524. The highest BCUT2D eigenvalue weighted by molar-refractivity contribution is 7.90. The summed E-state index contributed by atoms with van der Waals surface area (Å²) in [6, 6.07) is 0. The molecule has 0 aliphatic carbocycles. The summed E-state index contributed by atoms with van der Waals surface area (Å²) in [5.41, 5.74) is 0. The van der Waals surface area contributed by atoms with Gasteiger partial charge in [0, 0.05) is 62.4 Å². The topological polar surface area (TPSA) is 123 Å². The van der Waals surface area contributed by atoms with E-state index in [1.807, 2.05) is 0 Å². The molecule has 0 N–H and O–H groups in total. The molecule has 12 heteroatoms. The minimum atomic E-state index is -2.91. The van der Waals surface area contributed by atoms with Gasteiger partial charge in [-0.1, -0.05) is 0 Å². The first kappa shape index (κ1) is 29.0. The summed E-state index contributed by atoms with van der Waals surface area (Å²) in [6.45, 7) is 0. The lowest BCUT2D eigenvalue weighted by atomic mass is 11.3. The molecule has 0 heterocycles. The number of sulfone groups is 2. The van der Waals surface area contributed by atoms with Gasteiger partial charge in [0.15, 0.2) is 0 Å². The van der Waals surface area contributed by atoms with Gasteiger partial charge in [-0.15, -0.1) is 0 Å². The number of hydrogen-bond donors (Lipinski definition) is 0. The number of rotatable bonds is 1. The highest BCUT2D eigenvalue weighted by Crippen LogP contribution is 1.83. The highest BCUT2D eigenvalue weighted by atomic mass is 32.2. The molecule has 0 aromatic heterocycles. The lowest BCUT2D eigenvalue weighted by Crippen LogP contribution is -2.19. The largest absolute Gasteiger partial charge is 0.260 e. The smallest absolute Gasteiger partial charge is 0.210 e. The maximum Gasteiger partial charge on any atom is 0.210 e. The van der Waals surface area contributed by atoms with E-state index in [-0.39, 0.29) is 0 Å². The fourth-order valence-corrected chi connectivity index (χ4v) is 0. The van der Waals surface area contributed by atoms with E-state index >= 15 is 0 Å². The van der Waals surface area contributed by atoms with Gasteiger partial charge in [-0.3, -0.25) is 4.21 Å². The molecule has 0 amide bonds. The van der Waals surface area contributed by atoms with Gasteiger partial charge in [-0.05, 0) is 0 Å². The molecule has 21 heavy (non-hydrogen) atoms. The van der Waals surface area contributed by atoms with Crippen molar-refractivity contribution in [1.29, 1.82) is 0 Å². The number of nitrogens with zero attached hydrogens (tertiary/aromatic N) is 1. The van der Waals surface area contributed by atoms with Crippen LogP contribution in [-0.2, 0) is 40.5 Å². The Hall–Kier alpha value is -0.0400. The van der Waals surface area contributed by atoms with Crippen molar-refractivity contribution in [3.8, 4) is 0 Å². The molecule has 0 saturated heterocycles. The Labute approximate surface area is 132 Å². The summed E-state index contributed by atoms with van der Waals surface area (Å²) in [4.78, 5) is 0. The summed E-state index contributed by atoms with van der Waals surface area (Å²) >= 11 is 0. The van der Waals surface area contributed by atoms with Gasteiger partial charge in [0.2, 0.25) is 10.0 Å². The Balaban J connectivity index is -0.0000000939. The molecule has 0 aromatic carbocycles. The Morgan fingerprint density at radius 1 is 0.667 bits per heavy atom. The zero-order valence-corrected chi connectivity index (χ0v) is 17.2. The first-order valence-electron chi connectivity index (χ1n) is 5.10. The second-order valence-electron chi connectivity index (χ2n) is 4.57. The summed E-state index contributed by atoms with van der Waals surface area (Å²) in [6.07, 6.45) is 9.08. The van der Waals surface area contributed by atoms with E-state index in [0.29, 0.717) is 0 Å². The van der Waals surface area contributed by atoms with E-state index in [2.05, 4.69) is 0 Å². The van der Waals surface area contributed by atoms with E-state index in [1.54, 1.807) is 12.5 Å². The average Bonchev–Trinajstić information content (AvgIpc) is 1.92. The number of sulfonamides is 1. The SMILES string of the molecule is CN(C)S(C)(=O)=O.CS(C)(=O)=O.CS(C)(=O)=O.CS(C)=O. The van der Waals surface area contributed by atoms with Crippen LogP contribution >= 0.6 is 0 Å². The monoisotopic (exact) mass is 389 g/mol. The Morgan fingerprint density at radius 2 is 0.714 bits per heavy atom. The highest BCUT2D eigenvalue weighted by Gasteiger charge is 2.00. The second kappa shape index (κ2) is 12.5. The average molecular weight is 390 g/mol. The van der Waals surface area contributed by atoms with Crippen LogP contribution in [0.5, 0.6) is 0 Å². The minimum absolute atomic E-state index is 0.611. The molecule has 0 spiro atoms. The van der Waals surface area contributed by atoms with Gasteiger partial charge in [0.25, 0.3) is 0 Å². The molecule has 134 valence electrons. The van der Waals surface area contributed by atoms with Crippen molar-refractivity contribution in [1.82, 2.24) is 4.31 Å². The third-order valence-corrected chi connectivity index (χ3v) is 1.99. The van der Waals surface area contributed by atoms with Crippen LogP contribution in [0.25, 0.3) is 0 Å². The normalized spacial score (nSPS) is 11.4. The molecule has 0 saturated carbocycles. The summed E-state index contributed by atoms with van der Waals surface area (Å²) in [5.74, 6) is 0. The molecule has 0 aliphatic rings. The van der Waals surface area contributed by atoms with Crippen molar-refractivity contribution in [3.05, 3.63) is 0 Å². The van der Waals surface area contributed by atoms with E-state index in [4.69, 9.17) is 0 Å². The molecule has 8 nitrogen and oxygen atoms in total. The van der Waals surface area contributed by atoms with Crippen LogP contribution in [0, 0.1) is 0 Å². The first-order valence-corrected chi connectivity index (χ1v) is 13.5. The molecular weight excluding hydrogens is 362 g/mol. The van der Waals surface area contributed by atoms with Crippen molar-refractivity contribution in [2.45, 2.75) is 0 Å². The first-order chi connectivity index (χ1) is 8.68. The van der Waals surface area contributed by atoms with E-state index in [9.17, 15) is 29.5 Å². The maximum absolute atomic E-state index is 10.3. The lowest BCUT2D eigenvalue weighted by molar-refractivity contribution is 0.527. The van der Waals surface area contributed by atoms with E-state index in [1.165, 1.54) is 14.1 Å². The predicted molar refractivity (Wildman–Crippen MR) is 90.1 cm³/mol. The van der Waals surface area contributed by atoms with Crippen LogP contribution in [0.2, 0.25) is 0 Å². The van der Waals surface area contributed by atoms with Crippen molar-refractivity contribution in [3.63, 3.8) is 0 Å². The maximum atomic E-state index is 10.3. The van der Waals surface area contributed by atoms with E-state index in [0.717, 1.165) is 35.6 Å². The minimum Gasteiger partial charge on any atom is -0.260 e. The molecule has 0 aliphatic heterocycles. The third-order valence-electron chi connectivity index (χ3n) is 0.663. The zero-order chi connectivity index (χ0) is 18.7. The molecule has 0 fully saturated rings. The molecule has 0 rings (SSSR count). The summed E-state index contributed by atoms with van der Waals surface area (Å²) in [7, 11) is -5.86. The van der Waals surface area contributed by atoms with Crippen molar-refractivity contribution in [2.75, 3.05) is 57.9 Å². The van der Waals surface area contributed by atoms with Crippen LogP contribution in [-0.4, -0.2) is 91.7 Å². The summed E-state index contributed by atoms with van der Waals surface area (Å²) in [5, 5.41) is 0. The molecule has 0 unspecified atom stereocenters. The van der Waals surface area contributed by atoms with E-state index < -0.39 is 40.5 Å². The Morgan fingerprint density at radius 3 is 0.714 bits per heavy atom. The van der Waals surface area contributed by atoms with Crippen molar-refractivity contribution < 1.29 is 29.5 Å². The van der Waals surface area contributed by atoms with Crippen LogP contribution < -0.4 is 0 Å². The molecular formula is C9H27NO7S4. The quantitative estimate of drug-likeness (QED) is 0.553. The van der Waals surface area contributed by atoms with Crippen LogP contribution in [0.1, 0.15) is 0 Å². The van der Waals surface area contributed by atoms with Gasteiger partial charge in [-0.2, -0.15) is 0 Å². The second-order valence-corrected chi connectivity index (χ2v) is 12.8. The lowest BCUT2D eigenvalue weighted by Gasteiger charge is -2.02. The van der Waals surface area contributed by atoms with Gasteiger partial charge in [0.05, 0.1) is 6.26 Å².